The molecule has 1 aliphatic rings. The topological polar surface area (TPSA) is 43.6 Å². The summed E-state index contributed by atoms with van der Waals surface area (Å²) in [6.07, 6.45) is 0. The van der Waals surface area contributed by atoms with Gasteiger partial charge in [0, 0.05) is 27.5 Å². The molecule has 2 heterocycles. The largest absolute Gasteiger partial charge is 0.308 e. The SMILES string of the molecule is CC1(C)c2cc(-c3nc(-c4ccccc4)nc(-c4ccccc4)n3)c(-n3c4ccccc4c4cc(-c5ccccc5)ccc43)cc2C(C)(C)C1(C)C. The van der Waals surface area contributed by atoms with Gasteiger partial charge in [0.25, 0.3) is 0 Å². The average Bonchev–Trinajstić information content (AvgIpc) is 3.55. The molecular formula is C48H42N4. The van der Waals surface area contributed by atoms with Crippen molar-refractivity contribution in [1.82, 2.24) is 19.5 Å². The molecule has 254 valence electrons. The zero-order chi connectivity index (χ0) is 35.8. The molecule has 0 radical (unpaired) electrons. The number of nitrogens with zero attached hydrogens (tertiary/aromatic N) is 4. The number of aromatic nitrogens is 4. The van der Waals surface area contributed by atoms with Crippen molar-refractivity contribution in [1.29, 1.82) is 0 Å². The molecule has 0 amide bonds. The van der Waals surface area contributed by atoms with E-state index in [2.05, 4.69) is 155 Å². The molecule has 0 saturated carbocycles. The molecule has 0 unspecified atom stereocenters. The highest BCUT2D eigenvalue weighted by molar-refractivity contribution is 6.11. The van der Waals surface area contributed by atoms with E-state index in [1.165, 1.54) is 33.0 Å². The van der Waals surface area contributed by atoms with Gasteiger partial charge in [0.2, 0.25) is 0 Å². The summed E-state index contributed by atoms with van der Waals surface area (Å²) in [5.41, 5.74) is 11.2. The summed E-state index contributed by atoms with van der Waals surface area (Å²) in [5, 5.41) is 2.43. The normalized spacial score (nSPS) is 15.6. The predicted octanol–water partition coefficient (Wildman–Crippen LogP) is 12.2. The van der Waals surface area contributed by atoms with Crippen LogP contribution in [0.15, 0.2) is 146 Å². The molecule has 4 heteroatoms. The lowest BCUT2D eigenvalue weighted by Crippen LogP contribution is -2.42. The minimum Gasteiger partial charge on any atom is -0.308 e. The summed E-state index contributed by atoms with van der Waals surface area (Å²) in [5.74, 6) is 1.98. The molecule has 0 bridgehead atoms. The van der Waals surface area contributed by atoms with Crippen molar-refractivity contribution in [2.75, 3.05) is 0 Å². The van der Waals surface area contributed by atoms with Crippen molar-refractivity contribution in [3.63, 3.8) is 0 Å². The molecule has 0 aliphatic heterocycles. The van der Waals surface area contributed by atoms with Crippen molar-refractivity contribution in [3.8, 4) is 51.0 Å². The van der Waals surface area contributed by atoms with Crippen LogP contribution in [0, 0.1) is 5.41 Å². The van der Waals surface area contributed by atoms with Crippen LogP contribution in [0.25, 0.3) is 72.8 Å². The van der Waals surface area contributed by atoms with Gasteiger partial charge in [-0.3, -0.25) is 0 Å². The third kappa shape index (κ3) is 4.70. The predicted molar refractivity (Wildman–Crippen MR) is 216 cm³/mol. The van der Waals surface area contributed by atoms with Crippen LogP contribution in [0.2, 0.25) is 0 Å². The van der Waals surface area contributed by atoms with Gasteiger partial charge in [-0.1, -0.05) is 157 Å². The Balaban J connectivity index is 1.39. The standard InChI is InChI=1S/C48H42N4/c1-46(2)38-29-37(45-50-43(32-20-12-8-13-21-32)49-44(51-45)33-22-14-9-15-23-33)42(30-39(38)47(3,4)48(46,5)6)52-40-25-17-16-24-35(40)36-28-34(26-27-41(36)52)31-18-10-7-11-19-31/h7-30H,1-6H3. The second kappa shape index (κ2) is 11.6. The number of para-hydroxylation sites is 1. The Bertz CT molecular complexity index is 2570. The molecule has 4 nitrogen and oxygen atoms in total. The lowest BCUT2D eigenvalue weighted by molar-refractivity contribution is 0.125. The second-order valence-electron chi connectivity index (χ2n) is 15.8. The van der Waals surface area contributed by atoms with Crippen LogP contribution < -0.4 is 0 Å². The highest BCUT2D eigenvalue weighted by Crippen LogP contribution is 2.62. The average molecular weight is 675 g/mol. The molecule has 9 rings (SSSR count). The van der Waals surface area contributed by atoms with Gasteiger partial charge in [-0.2, -0.15) is 0 Å². The van der Waals surface area contributed by atoms with Crippen molar-refractivity contribution in [3.05, 3.63) is 157 Å². The number of fused-ring (bicyclic) bond motifs is 4. The Morgan fingerprint density at radius 1 is 0.404 bits per heavy atom. The second-order valence-corrected chi connectivity index (χ2v) is 15.8. The van der Waals surface area contributed by atoms with Gasteiger partial charge in [-0.05, 0) is 68.8 Å². The molecular weight excluding hydrogens is 633 g/mol. The fourth-order valence-electron chi connectivity index (χ4n) is 8.41. The highest BCUT2D eigenvalue weighted by Gasteiger charge is 2.57. The lowest BCUT2D eigenvalue weighted by Gasteiger charge is -2.44. The zero-order valence-electron chi connectivity index (χ0n) is 30.6. The maximum Gasteiger partial charge on any atom is 0.166 e. The summed E-state index contributed by atoms with van der Waals surface area (Å²) in [4.78, 5) is 15.6. The van der Waals surface area contributed by atoms with Gasteiger partial charge >= 0.3 is 0 Å². The molecule has 0 saturated heterocycles. The van der Waals surface area contributed by atoms with Gasteiger partial charge in [0.1, 0.15) is 0 Å². The fraction of sp³-hybridized carbons (Fsp3) is 0.188. The van der Waals surface area contributed by atoms with Crippen LogP contribution in [0.1, 0.15) is 52.7 Å². The number of rotatable bonds is 5. The first-order valence-corrected chi connectivity index (χ1v) is 18.2. The van der Waals surface area contributed by atoms with E-state index in [-0.39, 0.29) is 16.2 Å². The van der Waals surface area contributed by atoms with Gasteiger partial charge in [0.05, 0.1) is 16.7 Å². The first-order valence-electron chi connectivity index (χ1n) is 18.2. The molecule has 8 aromatic rings. The van der Waals surface area contributed by atoms with Crippen LogP contribution in [-0.4, -0.2) is 19.5 Å². The highest BCUT2D eigenvalue weighted by atomic mass is 15.1. The minimum atomic E-state index is -0.109. The number of benzene rings is 6. The molecule has 1 aliphatic carbocycles. The van der Waals surface area contributed by atoms with E-state index >= 15 is 0 Å². The maximum atomic E-state index is 5.29. The first-order chi connectivity index (χ1) is 25.1. The quantitative estimate of drug-likeness (QED) is 0.182. The molecule has 0 N–H and O–H groups in total. The lowest BCUT2D eigenvalue weighted by atomic mass is 9.59. The van der Waals surface area contributed by atoms with E-state index in [1.807, 2.05) is 36.4 Å². The monoisotopic (exact) mass is 674 g/mol. The van der Waals surface area contributed by atoms with Gasteiger partial charge < -0.3 is 4.57 Å². The molecule has 0 atom stereocenters. The summed E-state index contributed by atoms with van der Waals surface area (Å²) >= 11 is 0. The van der Waals surface area contributed by atoms with Crippen LogP contribution in [0.5, 0.6) is 0 Å². The third-order valence-corrected chi connectivity index (χ3v) is 12.6. The maximum absolute atomic E-state index is 5.29. The molecule has 0 fully saturated rings. The van der Waals surface area contributed by atoms with E-state index in [0.717, 1.165) is 33.4 Å². The van der Waals surface area contributed by atoms with Gasteiger partial charge in [-0.25, -0.2) is 15.0 Å². The first kappa shape index (κ1) is 32.1. The smallest absolute Gasteiger partial charge is 0.166 e. The Kier molecular flexibility index (Phi) is 7.14. The fourth-order valence-corrected chi connectivity index (χ4v) is 8.41. The van der Waals surface area contributed by atoms with Crippen LogP contribution in [0.3, 0.4) is 0 Å². The zero-order valence-corrected chi connectivity index (χ0v) is 30.6. The van der Waals surface area contributed by atoms with Crippen molar-refractivity contribution >= 4 is 21.8 Å². The van der Waals surface area contributed by atoms with E-state index < -0.39 is 0 Å². The van der Waals surface area contributed by atoms with E-state index in [0.29, 0.717) is 17.5 Å². The summed E-state index contributed by atoms with van der Waals surface area (Å²) in [7, 11) is 0. The van der Waals surface area contributed by atoms with Gasteiger partial charge in [0.15, 0.2) is 17.5 Å². The number of hydrogen-bond acceptors (Lipinski definition) is 3. The Morgan fingerprint density at radius 2 is 0.885 bits per heavy atom. The van der Waals surface area contributed by atoms with E-state index in [1.54, 1.807) is 0 Å². The third-order valence-electron chi connectivity index (χ3n) is 12.6. The molecule has 52 heavy (non-hydrogen) atoms. The molecule has 2 aromatic heterocycles. The van der Waals surface area contributed by atoms with E-state index in [4.69, 9.17) is 15.0 Å². The van der Waals surface area contributed by atoms with Crippen molar-refractivity contribution in [2.24, 2.45) is 5.41 Å². The molecule has 6 aromatic carbocycles. The summed E-state index contributed by atoms with van der Waals surface area (Å²) < 4.78 is 2.44. The Morgan fingerprint density at radius 3 is 1.48 bits per heavy atom. The van der Waals surface area contributed by atoms with Crippen LogP contribution in [0.4, 0.5) is 0 Å². The summed E-state index contributed by atoms with van der Waals surface area (Å²) in [6, 6.07) is 51.6. The minimum absolute atomic E-state index is 0.0207. The summed E-state index contributed by atoms with van der Waals surface area (Å²) in [6.45, 7) is 14.4. The van der Waals surface area contributed by atoms with E-state index in [9.17, 15) is 0 Å². The molecule has 0 spiro atoms. The Labute approximate surface area is 305 Å². The number of hydrogen-bond donors (Lipinski definition) is 0. The van der Waals surface area contributed by atoms with Crippen molar-refractivity contribution in [2.45, 2.75) is 52.4 Å². The van der Waals surface area contributed by atoms with Crippen molar-refractivity contribution < 1.29 is 0 Å². The van der Waals surface area contributed by atoms with Gasteiger partial charge in [-0.15, -0.1) is 0 Å². The van der Waals surface area contributed by atoms with Crippen LogP contribution >= 0.6 is 0 Å². The Hall–Kier alpha value is -5.87. The van der Waals surface area contributed by atoms with Crippen LogP contribution in [-0.2, 0) is 10.8 Å².